The minimum Gasteiger partial charge on any atom is -0.508 e. The van der Waals surface area contributed by atoms with Crippen LogP contribution in [0.15, 0.2) is 30.3 Å². The Hall–Kier alpha value is -2.53. The molecule has 0 spiro atoms. The highest BCUT2D eigenvalue weighted by Crippen LogP contribution is 2.49. The highest BCUT2D eigenvalue weighted by Gasteiger charge is 2.44. The minimum absolute atomic E-state index is 0.0915. The highest BCUT2D eigenvalue weighted by atomic mass is 35.5. The van der Waals surface area contributed by atoms with E-state index in [9.17, 15) is 9.90 Å². The van der Waals surface area contributed by atoms with Crippen LogP contribution in [0, 0.1) is 6.92 Å². The third-order valence-electron chi connectivity index (χ3n) is 5.23. The van der Waals surface area contributed by atoms with E-state index in [0.29, 0.717) is 45.0 Å². The summed E-state index contributed by atoms with van der Waals surface area (Å²) in [6, 6.07) is 7.24. The van der Waals surface area contributed by atoms with Crippen molar-refractivity contribution in [2.75, 3.05) is 6.98 Å². The highest BCUT2D eigenvalue weighted by molar-refractivity contribution is 6.32. The molecule has 0 radical (unpaired) electrons. The summed E-state index contributed by atoms with van der Waals surface area (Å²) in [5.74, 6) is 0.0377. The summed E-state index contributed by atoms with van der Waals surface area (Å²) in [5, 5.41) is 10.4. The van der Waals surface area contributed by atoms with Gasteiger partial charge in [0.15, 0.2) is 0 Å². The Morgan fingerprint density at radius 1 is 1.32 bits per heavy atom. The predicted octanol–water partition coefficient (Wildman–Crippen LogP) is 3.82. The predicted molar refractivity (Wildman–Crippen MR) is 95.2 cm³/mol. The molecule has 1 amide bonds. The Morgan fingerprint density at radius 2 is 2.16 bits per heavy atom. The van der Waals surface area contributed by atoms with Gasteiger partial charge in [0.1, 0.15) is 11.6 Å². The number of aromatic hydroxyl groups is 1. The summed E-state index contributed by atoms with van der Waals surface area (Å²) in [5.41, 5.74) is 2.95. The third kappa shape index (κ3) is 1.79. The number of aromatic nitrogens is 2. The van der Waals surface area contributed by atoms with Gasteiger partial charge < -0.3 is 14.6 Å². The van der Waals surface area contributed by atoms with E-state index in [1.165, 1.54) is 6.07 Å². The first-order valence-electron chi connectivity index (χ1n) is 9.52. The first-order valence-corrected chi connectivity index (χ1v) is 8.40. The lowest BCUT2D eigenvalue weighted by molar-refractivity contribution is 0.0733. The molecule has 2 bridgehead atoms. The number of carbonyl (C=O) groups excluding carboxylic acids is 1. The average Bonchev–Trinajstić information content (AvgIpc) is 3.08. The molecule has 0 fully saturated rings. The van der Waals surface area contributed by atoms with E-state index in [0.717, 1.165) is 4.90 Å². The van der Waals surface area contributed by atoms with Crippen molar-refractivity contribution in [2.45, 2.75) is 25.4 Å². The molecule has 5 rings (SSSR count). The Bertz CT molecular complexity index is 1170. The monoisotopic (exact) mass is 356 g/mol. The maximum absolute atomic E-state index is 13.4. The van der Waals surface area contributed by atoms with Crippen LogP contribution in [0.2, 0.25) is 5.02 Å². The summed E-state index contributed by atoms with van der Waals surface area (Å²) in [4.78, 5) is 18.9. The lowest BCUT2D eigenvalue weighted by Gasteiger charge is -2.25. The molecular weight excluding hydrogens is 338 g/mol. The fourth-order valence-corrected chi connectivity index (χ4v) is 4.41. The molecule has 126 valence electrons. The number of carbonyl (C=O) groups is 1. The number of nitrogens with zero attached hydrogens (tertiary/aromatic N) is 3. The fraction of sp³-hybridized carbons (Fsp3) is 0.263. The number of aryl methyl sites for hydroxylation is 1. The van der Waals surface area contributed by atoms with Gasteiger partial charge in [0.05, 0.1) is 23.1 Å². The third-order valence-corrected chi connectivity index (χ3v) is 5.56. The van der Waals surface area contributed by atoms with E-state index in [1.54, 1.807) is 31.2 Å². The molecule has 2 aliphatic heterocycles. The molecule has 0 saturated carbocycles. The summed E-state index contributed by atoms with van der Waals surface area (Å²) < 4.78 is 25.9. The van der Waals surface area contributed by atoms with Crippen LogP contribution in [0.5, 0.6) is 5.75 Å². The van der Waals surface area contributed by atoms with Crippen molar-refractivity contribution >= 4 is 28.5 Å². The van der Waals surface area contributed by atoms with Crippen molar-refractivity contribution in [2.24, 2.45) is 0 Å². The van der Waals surface area contributed by atoms with Crippen LogP contribution in [0.25, 0.3) is 11.0 Å². The Labute approximate surface area is 153 Å². The van der Waals surface area contributed by atoms with Crippen LogP contribution in [0.1, 0.15) is 49.9 Å². The van der Waals surface area contributed by atoms with Gasteiger partial charge >= 0.3 is 0 Å². The Morgan fingerprint density at radius 3 is 2.96 bits per heavy atom. The van der Waals surface area contributed by atoms with Gasteiger partial charge in [-0.3, -0.25) is 4.79 Å². The van der Waals surface area contributed by atoms with Crippen molar-refractivity contribution in [3.63, 3.8) is 0 Å². The molecule has 2 aromatic carbocycles. The fourth-order valence-electron chi connectivity index (χ4n) is 4.13. The lowest BCUT2D eigenvalue weighted by Crippen LogP contribution is -2.31. The molecule has 3 heterocycles. The molecule has 3 aromatic rings. The number of hydrogen-bond acceptors (Lipinski definition) is 3. The zero-order chi connectivity index (χ0) is 20.0. The molecule has 2 aliphatic rings. The van der Waals surface area contributed by atoms with Gasteiger partial charge in [-0.05, 0) is 30.7 Å². The van der Waals surface area contributed by atoms with Crippen LogP contribution < -0.4 is 0 Å². The topological polar surface area (TPSA) is 58.4 Å². The Balaban J connectivity index is 1.91. The number of phenols is 1. The zero-order valence-corrected chi connectivity index (χ0v) is 14.1. The normalized spacial score (nSPS) is 23.7. The zero-order valence-electron chi connectivity index (χ0n) is 16.3. The van der Waals surface area contributed by atoms with Crippen molar-refractivity contribution in [3.05, 3.63) is 57.9 Å². The van der Waals surface area contributed by atoms with Crippen molar-refractivity contribution in [1.82, 2.24) is 14.5 Å². The van der Waals surface area contributed by atoms with Gasteiger partial charge in [-0.15, -0.1) is 0 Å². The second-order valence-corrected chi connectivity index (χ2v) is 7.02. The molecule has 1 aromatic heterocycles. The molecule has 1 N–H and O–H groups in total. The van der Waals surface area contributed by atoms with Gasteiger partial charge in [-0.25, -0.2) is 4.98 Å². The standard InChI is InChI=1S/C19H16ClN3O2/c1-9-3-5-11(20)17-14-8-15(22(2)19(25)16(9)17)18-21-12-6-4-10(24)7-13(12)23(14)18/h3-7,14-15,24H,8H2,1-2H3/t14-,15-/m1/s1/i2D3. The van der Waals surface area contributed by atoms with Crippen LogP contribution in [0.4, 0.5) is 0 Å². The summed E-state index contributed by atoms with van der Waals surface area (Å²) in [7, 11) is 0. The summed E-state index contributed by atoms with van der Waals surface area (Å²) in [6.45, 7) is -0.847. The lowest BCUT2D eigenvalue weighted by atomic mass is 9.95. The molecule has 0 aliphatic carbocycles. The van der Waals surface area contributed by atoms with E-state index >= 15 is 0 Å². The van der Waals surface area contributed by atoms with E-state index in [2.05, 4.69) is 4.98 Å². The molecule has 5 nitrogen and oxygen atoms in total. The number of fused-ring (bicyclic) bond motifs is 9. The van der Waals surface area contributed by atoms with Gasteiger partial charge in [-0.1, -0.05) is 17.7 Å². The summed E-state index contributed by atoms with van der Waals surface area (Å²) in [6.07, 6.45) is 0.369. The molecular formula is C19H16ClN3O2. The smallest absolute Gasteiger partial charge is 0.254 e. The number of hydrogen-bond donors (Lipinski definition) is 1. The maximum atomic E-state index is 13.4. The van der Waals surface area contributed by atoms with E-state index < -0.39 is 18.9 Å². The number of rotatable bonds is 0. The summed E-state index contributed by atoms with van der Waals surface area (Å²) >= 11 is 6.53. The number of imidazole rings is 1. The molecule has 25 heavy (non-hydrogen) atoms. The maximum Gasteiger partial charge on any atom is 0.254 e. The van der Waals surface area contributed by atoms with Gasteiger partial charge in [-0.2, -0.15) is 0 Å². The van der Waals surface area contributed by atoms with Gasteiger partial charge in [0, 0.05) is 39.7 Å². The van der Waals surface area contributed by atoms with Crippen molar-refractivity contribution in [3.8, 4) is 5.75 Å². The Kier molecular flexibility index (Phi) is 2.27. The second kappa shape index (κ2) is 4.76. The first kappa shape index (κ1) is 11.9. The SMILES string of the molecule is [2H]C([2H])([2H])N1C(=O)c2c(C)ccc(Cl)c2[C@H]2C[C@@H]1c1nc3ccc(O)cc3n12. The largest absolute Gasteiger partial charge is 0.508 e. The van der Waals surface area contributed by atoms with Crippen LogP contribution in [-0.4, -0.2) is 32.4 Å². The average molecular weight is 357 g/mol. The molecule has 0 unspecified atom stereocenters. The van der Waals surface area contributed by atoms with Crippen LogP contribution in [0.3, 0.4) is 0 Å². The van der Waals surface area contributed by atoms with E-state index in [1.807, 2.05) is 4.57 Å². The number of halogens is 1. The van der Waals surface area contributed by atoms with Gasteiger partial charge in [0.2, 0.25) is 0 Å². The number of amides is 1. The van der Waals surface area contributed by atoms with Crippen molar-refractivity contribution < 1.29 is 14.0 Å². The van der Waals surface area contributed by atoms with Crippen molar-refractivity contribution in [1.29, 1.82) is 0 Å². The quantitative estimate of drug-likeness (QED) is 0.666. The molecule has 6 heteroatoms. The van der Waals surface area contributed by atoms with Crippen LogP contribution >= 0.6 is 11.6 Å². The van der Waals surface area contributed by atoms with Crippen LogP contribution in [-0.2, 0) is 0 Å². The number of benzene rings is 2. The molecule has 2 atom stereocenters. The van der Waals surface area contributed by atoms with Gasteiger partial charge in [0.25, 0.3) is 5.91 Å². The first-order chi connectivity index (χ1) is 13.2. The van der Waals surface area contributed by atoms with E-state index in [-0.39, 0.29) is 11.8 Å². The molecule has 0 saturated heterocycles. The minimum atomic E-state index is -2.63. The second-order valence-electron chi connectivity index (χ2n) is 6.61. The number of phenolic OH excluding ortho intramolecular Hbond substituents is 1. The van der Waals surface area contributed by atoms with E-state index in [4.69, 9.17) is 15.7 Å².